The molecule has 1 aromatic heterocycles. The molecule has 0 atom stereocenters. The Morgan fingerprint density at radius 3 is 2.52 bits per heavy atom. The van der Waals surface area contributed by atoms with E-state index in [1.807, 2.05) is 42.5 Å². The highest BCUT2D eigenvalue weighted by Crippen LogP contribution is 2.21. The molecular formula is C26H21N3O4. The normalized spacial score (nSPS) is 12.4. The van der Waals surface area contributed by atoms with E-state index in [0.29, 0.717) is 23.1 Å². The third kappa shape index (κ3) is 4.25. The van der Waals surface area contributed by atoms with E-state index in [9.17, 15) is 14.4 Å². The fourth-order valence-electron chi connectivity index (χ4n) is 4.00. The molecule has 2 heterocycles. The molecule has 0 spiro atoms. The number of carbonyl (C=O) groups is 2. The summed E-state index contributed by atoms with van der Waals surface area (Å²) in [5.74, 6) is -0.352. The van der Waals surface area contributed by atoms with Gasteiger partial charge in [-0.2, -0.15) is 0 Å². The van der Waals surface area contributed by atoms with Gasteiger partial charge in [0, 0.05) is 18.7 Å². The molecule has 0 radical (unpaired) electrons. The highest BCUT2D eigenvalue weighted by molar-refractivity contribution is 5.97. The molecule has 0 fully saturated rings. The Hall–Kier alpha value is -4.26. The van der Waals surface area contributed by atoms with E-state index < -0.39 is 18.5 Å². The van der Waals surface area contributed by atoms with Gasteiger partial charge in [-0.3, -0.25) is 14.2 Å². The number of nitrogens with one attached hydrogen (secondary N) is 1. The second-order valence-electron chi connectivity index (χ2n) is 7.89. The Balaban J connectivity index is 1.22. The molecule has 33 heavy (non-hydrogen) atoms. The van der Waals surface area contributed by atoms with Crippen molar-refractivity contribution in [2.45, 2.75) is 19.4 Å². The minimum absolute atomic E-state index is 0.0925. The maximum absolute atomic E-state index is 12.5. The van der Waals surface area contributed by atoms with Crippen molar-refractivity contribution < 1.29 is 14.3 Å². The van der Waals surface area contributed by atoms with Crippen LogP contribution in [0.5, 0.6) is 0 Å². The minimum atomic E-state index is -0.645. The number of nitrogens with zero attached hydrogens (tertiary/aromatic N) is 2. The number of hydrogen-bond donors (Lipinski definition) is 1. The smallest absolute Gasteiger partial charge is 0.338 e. The second-order valence-corrected chi connectivity index (χ2v) is 7.89. The number of esters is 1. The first kappa shape index (κ1) is 20.6. The van der Waals surface area contributed by atoms with Gasteiger partial charge in [-0.25, -0.2) is 9.78 Å². The number of hydrogen-bond acceptors (Lipinski definition) is 5. The molecule has 7 heteroatoms. The summed E-state index contributed by atoms with van der Waals surface area (Å²) in [5, 5.41) is 3.19. The van der Waals surface area contributed by atoms with Gasteiger partial charge in [0.1, 0.15) is 5.82 Å². The zero-order valence-electron chi connectivity index (χ0n) is 17.8. The lowest BCUT2D eigenvalue weighted by atomic mass is 10.1. The predicted octanol–water partition coefficient (Wildman–Crippen LogP) is 3.81. The maximum Gasteiger partial charge on any atom is 0.338 e. The molecule has 1 aliphatic rings. The lowest BCUT2D eigenvalue weighted by molar-refractivity contribution is -0.119. The minimum Gasteiger partial charge on any atom is -0.452 e. The molecule has 0 saturated carbocycles. The summed E-state index contributed by atoms with van der Waals surface area (Å²) < 4.78 is 6.84. The van der Waals surface area contributed by atoms with Crippen molar-refractivity contribution in [3.05, 3.63) is 94.5 Å². The molecule has 5 rings (SSSR count). The van der Waals surface area contributed by atoms with Crippen LogP contribution in [-0.2, 0) is 22.5 Å². The fraction of sp³-hybridized carbons (Fsp3) is 0.154. The monoisotopic (exact) mass is 439 g/mol. The summed E-state index contributed by atoms with van der Waals surface area (Å²) in [6.07, 6.45) is 1.63. The van der Waals surface area contributed by atoms with Gasteiger partial charge in [0.15, 0.2) is 6.61 Å². The molecule has 0 aliphatic carbocycles. The number of carbonyl (C=O) groups excluding carboxylic acids is 2. The first-order chi connectivity index (χ1) is 16.1. The summed E-state index contributed by atoms with van der Waals surface area (Å²) in [4.78, 5) is 41.8. The second kappa shape index (κ2) is 8.70. The van der Waals surface area contributed by atoms with Crippen LogP contribution >= 0.6 is 0 Å². The Kier molecular flexibility index (Phi) is 5.44. The fourth-order valence-corrected chi connectivity index (χ4v) is 4.00. The third-order valence-corrected chi connectivity index (χ3v) is 5.66. The molecule has 7 nitrogen and oxygen atoms in total. The van der Waals surface area contributed by atoms with Gasteiger partial charge < -0.3 is 10.1 Å². The number of aryl methyl sites for hydroxylation is 1. The van der Waals surface area contributed by atoms with E-state index in [4.69, 9.17) is 4.74 Å². The van der Waals surface area contributed by atoms with E-state index in [1.54, 1.807) is 28.8 Å². The number of aromatic nitrogens is 2. The molecule has 164 valence electrons. The zero-order chi connectivity index (χ0) is 22.8. The highest BCUT2D eigenvalue weighted by Gasteiger charge is 2.18. The van der Waals surface area contributed by atoms with E-state index >= 15 is 0 Å². The zero-order valence-corrected chi connectivity index (χ0v) is 17.8. The Labute approximate surface area is 189 Å². The van der Waals surface area contributed by atoms with Crippen molar-refractivity contribution in [2.24, 2.45) is 0 Å². The molecule has 1 N–H and O–H groups in total. The SMILES string of the molecule is O=C(COC(=O)c1ccc2c(=O)n3c(nc2c1)CCC3)Nc1ccc(-c2ccccc2)cc1. The van der Waals surface area contributed by atoms with Gasteiger partial charge in [-0.15, -0.1) is 0 Å². The van der Waals surface area contributed by atoms with Gasteiger partial charge >= 0.3 is 5.97 Å². The predicted molar refractivity (Wildman–Crippen MR) is 125 cm³/mol. The lowest BCUT2D eigenvalue weighted by Gasteiger charge is -2.09. The molecule has 0 unspecified atom stereocenters. The lowest BCUT2D eigenvalue weighted by Crippen LogP contribution is -2.22. The summed E-state index contributed by atoms with van der Waals surface area (Å²) in [5.41, 5.74) is 3.35. The van der Waals surface area contributed by atoms with Gasteiger partial charge in [0.2, 0.25) is 0 Å². The van der Waals surface area contributed by atoms with Gasteiger partial charge in [0.25, 0.3) is 11.5 Å². The van der Waals surface area contributed by atoms with Gasteiger partial charge in [0.05, 0.1) is 16.5 Å². The largest absolute Gasteiger partial charge is 0.452 e. The van der Waals surface area contributed by atoms with Gasteiger partial charge in [-0.05, 0) is 47.9 Å². The average Bonchev–Trinajstić information content (AvgIpc) is 3.32. The topological polar surface area (TPSA) is 90.3 Å². The Morgan fingerprint density at radius 2 is 1.73 bits per heavy atom. The van der Waals surface area contributed by atoms with Crippen LogP contribution in [0.2, 0.25) is 0 Å². The van der Waals surface area contributed by atoms with Crippen molar-refractivity contribution in [3.63, 3.8) is 0 Å². The van der Waals surface area contributed by atoms with E-state index in [0.717, 1.165) is 29.8 Å². The molecule has 3 aromatic carbocycles. The highest BCUT2D eigenvalue weighted by atomic mass is 16.5. The number of rotatable bonds is 5. The van der Waals surface area contributed by atoms with Crippen LogP contribution in [0.3, 0.4) is 0 Å². The van der Waals surface area contributed by atoms with Crippen molar-refractivity contribution in [2.75, 3.05) is 11.9 Å². The van der Waals surface area contributed by atoms with Gasteiger partial charge in [-0.1, -0.05) is 42.5 Å². The Morgan fingerprint density at radius 1 is 0.970 bits per heavy atom. The van der Waals surface area contributed by atoms with Crippen LogP contribution in [0.1, 0.15) is 22.6 Å². The van der Waals surface area contributed by atoms with Crippen molar-refractivity contribution in [1.82, 2.24) is 9.55 Å². The quantitative estimate of drug-likeness (QED) is 0.478. The van der Waals surface area contributed by atoms with Crippen LogP contribution in [0.15, 0.2) is 77.6 Å². The van der Waals surface area contributed by atoms with Crippen molar-refractivity contribution in [3.8, 4) is 11.1 Å². The van der Waals surface area contributed by atoms with Crippen LogP contribution in [0, 0.1) is 0 Å². The van der Waals surface area contributed by atoms with Crippen LogP contribution < -0.4 is 10.9 Å². The van der Waals surface area contributed by atoms with Crippen molar-refractivity contribution in [1.29, 1.82) is 0 Å². The summed E-state index contributed by atoms with van der Waals surface area (Å²) >= 11 is 0. The van der Waals surface area contributed by atoms with E-state index in [-0.39, 0.29) is 11.1 Å². The van der Waals surface area contributed by atoms with Crippen LogP contribution in [0.4, 0.5) is 5.69 Å². The molecule has 0 saturated heterocycles. The van der Waals surface area contributed by atoms with Crippen LogP contribution in [0.25, 0.3) is 22.0 Å². The first-order valence-corrected chi connectivity index (χ1v) is 10.7. The molecular weight excluding hydrogens is 418 g/mol. The number of anilines is 1. The summed E-state index contributed by atoms with van der Waals surface area (Å²) in [6, 6.07) is 22.0. The molecule has 0 bridgehead atoms. The summed E-state index contributed by atoms with van der Waals surface area (Å²) in [7, 11) is 0. The number of benzene rings is 3. The maximum atomic E-state index is 12.5. The summed E-state index contributed by atoms with van der Waals surface area (Å²) in [6.45, 7) is 0.253. The Bertz CT molecular complexity index is 1410. The average molecular weight is 439 g/mol. The first-order valence-electron chi connectivity index (χ1n) is 10.7. The standard InChI is InChI=1S/C26H21N3O4/c30-24(27-20-11-8-18(9-12-20)17-5-2-1-3-6-17)16-33-26(32)19-10-13-21-22(15-19)28-23-7-4-14-29(23)25(21)31/h1-3,5-6,8-13,15H,4,7,14,16H2,(H,27,30). The number of ether oxygens (including phenoxy) is 1. The third-order valence-electron chi connectivity index (χ3n) is 5.66. The number of fused-ring (bicyclic) bond motifs is 2. The number of amides is 1. The van der Waals surface area contributed by atoms with Crippen molar-refractivity contribution >= 4 is 28.5 Å². The molecule has 4 aromatic rings. The molecule has 1 aliphatic heterocycles. The van der Waals surface area contributed by atoms with E-state index in [1.165, 1.54) is 6.07 Å². The molecule has 1 amide bonds. The van der Waals surface area contributed by atoms with E-state index in [2.05, 4.69) is 10.3 Å². The van der Waals surface area contributed by atoms with Crippen LogP contribution in [-0.4, -0.2) is 28.0 Å².